The van der Waals surface area contributed by atoms with Gasteiger partial charge in [-0.2, -0.15) is 0 Å². The van der Waals surface area contributed by atoms with E-state index < -0.39 is 5.92 Å². The van der Waals surface area contributed by atoms with Gasteiger partial charge in [-0.05, 0) is 36.1 Å². The van der Waals surface area contributed by atoms with Crippen LogP contribution in [0.3, 0.4) is 0 Å². The summed E-state index contributed by atoms with van der Waals surface area (Å²) < 4.78 is 27.9. The highest BCUT2D eigenvalue weighted by Crippen LogP contribution is 2.52. The van der Waals surface area contributed by atoms with Gasteiger partial charge in [0.05, 0.1) is 10.2 Å². The Kier molecular flexibility index (Phi) is 3.37. The molecule has 1 amide bonds. The summed E-state index contributed by atoms with van der Waals surface area (Å²) >= 11 is 1.45. The fraction of sp³-hybridized carbons (Fsp3) is 0.562. The lowest BCUT2D eigenvalue weighted by Gasteiger charge is -2.39. The van der Waals surface area contributed by atoms with Crippen molar-refractivity contribution in [3.63, 3.8) is 0 Å². The maximum absolute atomic E-state index is 13.5. The molecule has 0 radical (unpaired) electrons. The van der Waals surface area contributed by atoms with Crippen LogP contribution >= 0.6 is 11.3 Å². The minimum atomic E-state index is -2.53. The standard InChI is InChI=1S/C16H17F2N3OS/c17-16(18)3-2-15(9-16)4-6-21(7-5-15)14(22)12-13-11(1-8-23-13)19-10-20-12/h1,8,10H,2-7,9H2. The van der Waals surface area contributed by atoms with Crippen LogP contribution in [0, 0.1) is 5.41 Å². The van der Waals surface area contributed by atoms with Crippen molar-refractivity contribution < 1.29 is 13.6 Å². The number of hydrogen-bond acceptors (Lipinski definition) is 4. The molecule has 7 heteroatoms. The van der Waals surface area contributed by atoms with Crippen molar-refractivity contribution in [1.29, 1.82) is 0 Å². The number of alkyl halides is 2. The molecular weight excluding hydrogens is 320 g/mol. The highest BCUT2D eigenvalue weighted by atomic mass is 32.1. The third-order valence-corrected chi connectivity index (χ3v) is 6.12. The second-order valence-corrected chi connectivity index (χ2v) is 7.60. The molecule has 4 nitrogen and oxygen atoms in total. The van der Waals surface area contributed by atoms with Crippen molar-refractivity contribution in [2.45, 2.75) is 38.0 Å². The fourth-order valence-electron chi connectivity index (χ4n) is 3.88. The molecule has 0 unspecified atom stereocenters. The van der Waals surface area contributed by atoms with Gasteiger partial charge in [-0.25, -0.2) is 18.7 Å². The molecule has 122 valence electrons. The Bertz CT molecular complexity index is 753. The van der Waals surface area contributed by atoms with Gasteiger partial charge in [0, 0.05) is 25.9 Å². The van der Waals surface area contributed by atoms with Crippen LogP contribution in [-0.2, 0) is 0 Å². The van der Waals surface area contributed by atoms with Crippen molar-refractivity contribution in [3.05, 3.63) is 23.5 Å². The van der Waals surface area contributed by atoms with Crippen LogP contribution in [0.25, 0.3) is 10.2 Å². The van der Waals surface area contributed by atoms with E-state index in [2.05, 4.69) is 9.97 Å². The smallest absolute Gasteiger partial charge is 0.274 e. The van der Waals surface area contributed by atoms with E-state index >= 15 is 0 Å². The molecule has 1 saturated carbocycles. The molecule has 0 atom stereocenters. The number of halogens is 2. The molecule has 0 aromatic carbocycles. The second-order valence-electron chi connectivity index (χ2n) is 6.68. The third kappa shape index (κ3) is 2.60. The first kappa shape index (κ1) is 14.9. The number of carbonyl (C=O) groups is 1. The molecule has 1 spiro atoms. The van der Waals surface area contributed by atoms with Crippen LogP contribution in [0.2, 0.25) is 0 Å². The first-order chi connectivity index (χ1) is 11.0. The predicted octanol–water partition coefficient (Wildman–Crippen LogP) is 3.73. The molecule has 2 aliphatic rings. The minimum Gasteiger partial charge on any atom is -0.337 e. The van der Waals surface area contributed by atoms with Crippen molar-refractivity contribution >= 4 is 27.5 Å². The second kappa shape index (κ2) is 5.19. The van der Waals surface area contributed by atoms with Crippen LogP contribution in [0.5, 0.6) is 0 Å². The molecule has 2 aromatic heterocycles. The van der Waals surface area contributed by atoms with Crippen LogP contribution in [0.1, 0.15) is 42.6 Å². The van der Waals surface area contributed by atoms with Crippen molar-refractivity contribution in [1.82, 2.24) is 14.9 Å². The molecule has 2 aromatic rings. The Hall–Kier alpha value is -1.63. The lowest BCUT2D eigenvalue weighted by Crippen LogP contribution is -2.43. The van der Waals surface area contributed by atoms with Gasteiger partial charge in [-0.1, -0.05) is 0 Å². The zero-order valence-electron chi connectivity index (χ0n) is 12.6. The summed E-state index contributed by atoms with van der Waals surface area (Å²) in [7, 11) is 0. The van der Waals surface area contributed by atoms with E-state index in [1.165, 1.54) is 17.7 Å². The van der Waals surface area contributed by atoms with Gasteiger partial charge < -0.3 is 4.90 Å². The van der Waals surface area contributed by atoms with Crippen LogP contribution in [0.4, 0.5) is 8.78 Å². The number of rotatable bonds is 1. The Morgan fingerprint density at radius 2 is 1.96 bits per heavy atom. The van der Waals surface area contributed by atoms with Gasteiger partial charge in [-0.15, -0.1) is 11.3 Å². The van der Waals surface area contributed by atoms with Crippen LogP contribution in [0.15, 0.2) is 17.8 Å². The lowest BCUT2D eigenvalue weighted by atomic mass is 9.77. The quantitative estimate of drug-likeness (QED) is 0.796. The van der Waals surface area contributed by atoms with E-state index in [9.17, 15) is 13.6 Å². The van der Waals surface area contributed by atoms with E-state index in [1.54, 1.807) is 4.90 Å². The highest BCUT2D eigenvalue weighted by Gasteiger charge is 2.50. The first-order valence-electron chi connectivity index (χ1n) is 7.83. The normalized spacial score (nSPS) is 22.8. The maximum Gasteiger partial charge on any atom is 0.274 e. The summed E-state index contributed by atoms with van der Waals surface area (Å²) in [4.78, 5) is 22.8. The molecule has 2 fully saturated rings. The predicted molar refractivity (Wildman–Crippen MR) is 83.8 cm³/mol. The number of likely N-dealkylation sites (tertiary alicyclic amines) is 1. The Morgan fingerprint density at radius 3 is 2.65 bits per heavy atom. The van der Waals surface area contributed by atoms with Gasteiger partial charge in [0.25, 0.3) is 5.91 Å². The molecule has 1 aliphatic heterocycles. The summed E-state index contributed by atoms with van der Waals surface area (Å²) in [6, 6.07) is 1.87. The van der Waals surface area contributed by atoms with E-state index in [0.717, 1.165) is 10.2 Å². The largest absolute Gasteiger partial charge is 0.337 e. The van der Waals surface area contributed by atoms with E-state index in [-0.39, 0.29) is 24.2 Å². The number of thiophene rings is 1. The molecular formula is C16H17F2N3OS. The van der Waals surface area contributed by atoms with Gasteiger partial charge >= 0.3 is 0 Å². The molecule has 3 heterocycles. The average molecular weight is 337 g/mol. The summed E-state index contributed by atoms with van der Waals surface area (Å²) in [5.74, 6) is -2.64. The summed E-state index contributed by atoms with van der Waals surface area (Å²) in [6.45, 7) is 1.07. The fourth-order valence-corrected chi connectivity index (χ4v) is 4.70. The molecule has 0 bridgehead atoms. The number of nitrogens with zero attached hydrogens (tertiary/aromatic N) is 3. The highest BCUT2D eigenvalue weighted by molar-refractivity contribution is 7.17. The number of aromatic nitrogens is 2. The molecule has 23 heavy (non-hydrogen) atoms. The number of hydrogen-bond donors (Lipinski definition) is 0. The molecule has 1 aliphatic carbocycles. The Morgan fingerprint density at radius 1 is 1.17 bits per heavy atom. The van der Waals surface area contributed by atoms with Gasteiger partial charge in [0.2, 0.25) is 5.92 Å². The number of carbonyl (C=O) groups excluding carboxylic acids is 1. The molecule has 0 N–H and O–H groups in total. The maximum atomic E-state index is 13.5. The van der Waals surface area contributed by atoms with Crippen molar-refractivity contribution in [2.24, 2.45) is 5.41 Å². The van der Waals surface area contributed by atoms with E-state index in [0.29, 0.717) is 38.0 Å². The lowest BCUT2D eigenvalue weighted by molar-refractivity contribution is -0.0122. The van der Waals surface area contributed by atoms with Gasteiger partial charge in [0.1, 0.15) is 12.0 Å². The number of fused-ring (bicyclic) bond motifs is 1. The van der Waals surface area contributed by atoms with Crippen molar-refractivity contribution in [3.8, 4) is 0 Å². The summed E-state index contributed by atoms with van der Waals surface area (Å²) in [5.41, 5.74) is 0.930. The number of amides is 1. The van der Waals surface area contributed by atoms with E-state index in [4.69, 9.17) is 0 Å². The zero-order valence-corrected chi connectivity index (χ0v) is 13.4. The first-order valence-corrected chi connectivity index (χ1v) is 8.71. The summed E-state index contributed by atoms with van der Waals surface area (Å²) in [6.07, 6.45) is 3.27. The molecule has 4 rings (SSSR count). The van der Waals surface area contributed by atoms with Gasteiger partial charge in [-0.3, -0.25) is 4.79 Å². The zero-order chi connectivity index (χ0) is 16.1. The third-order valence-electron chi connectivity index (χ3n) is 5.21. The topological polar surface area (TPSA) is 46.1 Å². The Balaban J connectivity index is 1.50. The van der Waals surface area contributed by atoms with Crippen LogP contribution in [-0.4, -0.2) is 39.8 Å². The Labute approximate surface area is 136 Å². The molecule has 1 saturated heterocycles. The SMILES string of the molecule is O=C(c1ncnc2ccsc12)N1CCC2(CC1)CCC(F)(F)C2. The monoisotopic (exact) mass is 337 g/mol. The van der Waals surface area contributed by atoms with E-state index in [1.807, 2.05) is 11.4 Å². The number of piperidine rings is 1. The van der Waals surface area contributed by atoms with Crippen molar-refractivity contribution in [2.75, 3.05) is 13.1 Å². The summed E-state index contributed by atoms with van der Waals surface area (Å²) in [5, 5.41) is 1.89. The van der Waals surface area contributed by atoms with Gasteiger partial charge in [0.15, 0.2) is 0 Å². The average Bonchev–Trinajstić information content (AvgIpc) is 3.12. The minimum absolute atomic E-state index is 0.0112. The van der Waals surface area contributed by atoms with Crippen LogP contribution < -0.4 is 0 Å².